The maximum absolute atomic E-state index is 13.9. The Balaban J connectivity index is 1.62. The average molecular weight is 398 g/mol. The molecule has 0 unspecified atom stereocenters. The van der Waals surface area contributed by atoms with E-state index in [1.807, 2.05) is 24.3 Å². The molecule has 0 saturated carbocycles. The molecule has 2 aromatic carbocycles. The highest BCUT2D eigenvalue weighted by molar-refractivity contribution is 5.98. The summed E-state index contributed by atoms with van der Waals surface area (Å²) in [5.41, 5.74) is 0.212. The van der Waals surface area contributed by atoms with Crippen molar-refractivity contribution in [2.45, 2.75) is 44.6 Å². The Kier molecular flexibility index (Phi) is 5.75. The molecular formula is C23H27FN2O3. The van der Waals surface area contributed by atoms with Gasteiger partial charge in [-0.15, -0.1) is 0 Å². The maximum Gasteiger partial charge on any atom is 0.256 e. The van der Waals surface area contributed by atoms with Gasteiger partial charge in [-0.05, 0) is 35.2 Å². The van der Waals surface area contributed by atoms with Crippen LogP contribution in [0.3, 0.4) is 0 Å². The summed E-state index contributed by atoms with van der Waals surface area (Å²) in [5.74, 6) is -1.49. The summed E-state index contributed by atoms with van der Waals surface area (Å²) in [5, 5.41) is 13.5. The minimum absolute atomic E-state index is 0.00123. The number of hydrogen-bond donors (Lipinski definition) is 2. The number of benzene rings is 2. The van der Waals surface area contributed by atoms with Crippen molar-refractivity contribution in [1.29, 1.82) is 0 Å². The molecule has 1 aliphatic rings. The maximum atomic E-state index is 13.9. The lowest BCUT2D eigenvalue weighted by Crippen LogP contribution is -2.53. The quantitative estimate of drug-likeness (QED) is 0.828. The normalized spacial score (nSPS) is 16.4. The SMILES string of the molecule is CC(C)(C)c1ccc(NC(=O)C2(O)CCN(C(=O)c3ccccc3F)CC2)cc1. The van der Waals surface area contributed by atoms with E-state index >= 15 is 0 Å². The van der Waals surface area contributed by atoms with Crippen LogP contribution in [0.2, 0.25) is 0 Å². The molecule has 3 rings (SSSR count). The Morgan fingerprint density at radius 2 is 1.62 bits per heavy atom. The van der Waals surface area contributed by atoms with E-state index in [0.717, 1.165) is 5.56 Å². The van der Waals surface area contributed by atoms with E-state index in [4.69, 9.17) is 0 Å². The second kappa shape index (κ2) is 7.95. The number of hydrogen-bond acceptors (Lipinski definition) is 3. The third-order valence-electron chi connectivity index (χ3n) is 5.41. The van der Waals surface area contributed by atoms with Crippen molar-refractivity contribution >= 4 is 17.5 Å². The first-order valence-electron chi connectivity index (χ1n) is 9.78. The number of nitrogens with zero attached hydrogens (tertiary/aromatic N) is 1. The molecule has 154 valence electrons. The van der Waals surface area contributed by atoms with Crippen molar-refractivity contribution in [2.24, 2.45) is 0 Å². The Bertz CT molecular complexity index is 895. The van der Waals surface area contributed by atoms with Gasteiger partial charge in [-0.3, -0.25) is 9.59 Å². The fraction of sp³-hybridized carbons (Fsp3) is 0.391. The molecule has 0 aromatic heterocycles. The molecule has 1 saturated heterocycles. The van der Waals surface area contributed by atoms with Gasteiger partial charge in [-0.1, -0.05) is 45.0 Å². The molecule has 5 nitrogen and oxygen atoms in total. The standard InChI is InChI=1S/C23H27FN2O3/c1-22(2,3)16-8-10-17(11-9-16)25-21(28)23(29)12-14-26(15-13-23)20(27)18-6-4-5-7-19(18)24/h4-11,29H,12-15H2,1-3H3,(H,25,28). The molecule has 2 aromatic rings. The smallest absolute Gasteiger partial charge is 0.256 e. The summed E-state index contributed by atoms with van der Waals surface area (Å²) in [6.07, 6.45) is 0.193. The fourth-order valence-corrected chi connectivity index (χ4v) is 3.41. The molecule has 1 aliphatic heterocycles. The van der Waals surface area contributed by atoms with Gasteiger partial charge in [-0.2, -0.15) is 0 Å². The van der Waals surface area contributed by atoms with Gasteiger partial charge in [-0.25, -0.2) is 4.39 Å². The highest BCUT2D eigenvalue weighted by Crippen LogP contribution is 2.27. The molecule has 0 spiro atoms. The van der Waals surface area contributed by atoms with Crippen LogP contribution in [0.25, 0.3) is 0 Å². The zero-order chi connectivity index (χ0) is 21.2. The summed E-state index contributed by atoms with van der Waals surface area (Å²) in [7, 11) is 0. The van der Waals surface area contributed by atoms with Crippen LogP contribution >= 0.6 is 0 Å². The zero-order valence-electron chi connectivity index (χ0n) is 17.0. The number of rotatable bonds is 3. The number of amides is 2. The van der Waals surface area contributed by atoms with E-state index in [9.17, 15) is 19.1 Å². The molecule has 0 radical (unpaired) electrons. The summed E-state index contributed by atoms with van der Waals surface area (Å²) < 4.78 is 13.9. The molecular weight excluding hydrogens is 371 g/mol. The van der Waals surface area contributed by atoms with Gasteiger partial charge in [0.05, 0.1) is 5.56 Å². The number of likely N-dealkylation sites (tertiary alicyclic amines) is 1. The van der Waals surface area contributed by atoms with E-state index in [-0.39, 0.29) is 36.9 Å². The largest absolute Gasteiger partial charge is 0.380 e. The fourth-order valence-electron chi connectivity index (χ4n) is 3.41. The minimum atomic E-state index is -1.56. The number of anilines is 1. The summed E-state index contributed by atoms with van der Waals surface area (Å²) in [6.45, 7) is 6.69. The van der Waals surface area contributed by atoms with E-state index in [1.165, 1.54) is 23.1 Å². The Labute approximate surface area is 170 Å². The van der Waals surface area contributed by atoms with E-state index in [0.29, 0.717) is 5.69 Å². The van der Waals surface area contributed by atoms with Gasteiger partial charge in [0, 0.05) is 31.6 Å². The average Bonchev–Trinajstić information content (AvgIpc) is 2.68. The number of aliphatic hydroxyl groups is 1. The topological polar surface area (TPSA) is 69.6 Å². The molecule has 1 fully saturated rings. The van der Waals surface area contributed by atoms with Gasteiger partial charge < -0.3 is 15.3 Å². The van der Waals surface area contributed by atoms with Crippen LogP contribution in [0.4, 0.5) is 10.1 Å². The highest BCUT2D eigenvalue weighted by atomic mass is 19.1. The van der Waals surface area contributed by atoms with Crippen molar-refractivity contribution in [1.82, 2.24) is 4.90 Å². The van der Waals surface area contributed by atoms with Crippen LogP contribution in [0.1, 0.15) is 49.5 Å². The van der Waals surface area contributed by atoms with Gasteiger partial charge >= 0.3 is 0 Å². The first kappa shape index (κ1) is 21.0. The number of carbonyl (C=O) groups is 2. The van der Waals surface area contributed by atoms with E-state index in [2.05, 4.69) is 26.1 Å². The summed E-state index contributed by atoms with van der Waals surface area (Å²) >= 11 is 0. The first-order chi connectivity index (χ1) is 13.6. The number of piperidine rings is 1. The van der Waals surface area contributed by atoms with Crippen molar-refractivity contribution in [3.05, 3.63) is 65.5 Å². The molecule has 0 atom stereocenters. The molecule has 1 heterocycles. The first-order valence-corrected chi connectivity index (χ1v) is 9.78. The van der Waals surface area contributed by atoms with Crippen LogP contribution in [0.15, 0.2) is 48.5 Å². The molecule has 2 N–H and O–H groups in total. The van der Waals surface area contributed by atoms with Crippen molar-refractivity contribution < 1.29 is 19.1 Å². The predicted molar refractivity (Wildman–Crippen MR) is 110 cm³/mol. The monoisotopic (exact) mass is 398 g/mol. The minimum Gasteiger partial charge on any atom is -0.380 e. The highest BCUT2D eigenvalue weighted by Gasteiger charge is 2.40. The van der Waals surface area contributed by atoms with Crippen molar-refractivity contribution in [3.63, 3.8) is 0 Å². The lowest BCUT2D eigenvalue weighted by atomic mass is 9.87. The zero-order valence-corrected chi connectivity index (χ0v) is 17.0. The van der Waals surface area contributed by atoms with Crippen molar-refractivity contribution in [3.8, 4) is 0 Å². The third-order valence-corrected chi connectivity index (χ3v) is 5.41. The van der Waals surface area contributed by atoms with Crippen LogP contribution < -0.4 is 5.32 Å². The summed E-state index contributed by atoms with van der Waals surface area (Å²) in [4.78, 5) is 26.6. The molecule has 0 bridgehead atoms. The van der Waals surface area contributed by atoms with Gasteiger partial charge in [0.15, 0.2) is 0 Å². The predicted octanol–water partition coefficient (Wildman–Crippen LogP) is 3.73. The molecule has 29 heavy (non-hydrogen) atoms. The Morgan fingerprint density at radius 3 is 2.17 bits per heavy atom. The van der Waals surface area contributed by atoms with Crippen LogP contribution in [-0.4, -0.2) is 40.5 Å². The van der Waals surface area contributed by atoms with Crippen LogP contribution in [0.5, 0.6) is 0 Å². The third kappa shape index (κ3) is 4.65. The second-order valence-corrected chi connectivity index (χ2v) is 8.59. The number of carbonyl (C=O) groups excluding carboxylic acids is 2. The lowest BCUT2D eigenvalue weighted by Gasteiger charge is -2.37. The molecule has 6 heteroatoms. The van der Waals surface area contributed by atoms with Gasteiger partial charge in [0.2, 0.25) is 0 Å². The van der Waals surface area contributed by atoms with E-state index < -0.39 is 23.2 Å². The second-order valence-electron chi connectivity index (χ2n) is 8.59. The van der Waals surface area contributed by atoms with Crippen LogP contribution in [0, 0.1) is 5.82 Å². The van der Waals surface area contributed by atoms with Gasteiger partial charge in [0.25, 0.3) is 11.8 Å². The number of halogens is 1. The Hall–Kier alpha value is -2.73. The number of nitrogens with one attached hydrogen (secondary N) is 1. The molecule has 2 amide bonds. The van der Waals surface area contributed by atoms with E-state index in [1.54, 1.807) is 6.07 Å². The molecule has 0 aliphatic carbocycles. The van der Waals surface area contributed by atoms with Crippen LogP contribution in [-0.2, 0) is 10.2 Å². The van der Waals surface area contributed by atoms with Gasteiger partial charge in [0.1, 0.15) is 11.4 Å². The summed E-state index contributed by atoms with van der Waals surface area (Å²) in [6, 6.07) is 13.4. The lowest BCUT2D eigenvalue weighted by molar-refractivity contribution is -0.138. The van der Waals surface area contributed by atoms with Crippen molar-refractivity contribution in [2.75, 3.05) is 18.4 Å². The Morgan fingerprint density at radius 1 is 1.03 bits per heavy atom.